The lowest BCUT2D eigenvalue weighted by molar-refractivity contribution is -0.137. The maximum Gasteiger partial charge on any atom is 0.330 e. The molecule has 0 aromatic heterocycles. The highest BCUT2D eigenvalue weighted by atomic mass is 79.9. The summed E-state index contributed by atoms with van der Waals surface area (Å²) in [6.45, 7) is 2.04. The Balaban J connectivity index is 3.01. The van der Waals surface area contributed by atoms with Crippen LogP contribution in [0.25, 0.3) is 6.08 Å². The number of carbonyl (C=O) groups is 1. The van der Waals surface area contributed by atoms with Crippen molar-refractivity contribution in [3.63, 3.8) is 0 Å². The highest BCUT2D eigenvalue weighted by Crippen LogP contribution is 2.22. The summed E-state index contributed by atoms with van der Waals surface area (Å²) in [6.07, 6.45) is 4.22. The second-order valence-electron chi connectivity index (χ2n) is 3.74. The SMILES string of the molecule is CCOC(=O)C=Cc1cc(Br)ccc1NC=C(C#N)C#N. The minimum Gasteiger partial charge on any atom is -0.463 e. The van der Waals surface area contributed by atoms with Crippen LogP contribution in [0.1, 0.15) is 12.5 Å². The number of esters is 1. The number of nitrogens with one attached hydrogen (secondary N) is 1. The van der Waals surface area contributed by atoms with E-state index < -0.39 is 5.97 Å². The highest BCUT2D eigenvalue weighted by Gasteiger charge is 2.02. The van der Waals surface area contributed by atoms with Crippen molar-refractivity contribution in [2.75, 3.05) is 11.9 Å². The molecule has 0 heterocycles. The van der Waals surface area contributed by atoms with E-state index >= 15 is 0 Å². The van der Waals surface area contributed by atoms with Gasteiger partial charge in [-0.15, -0.1) is 0 Å². The van der Waals surface area contributed by atoms with E-state index in [1.54, 1.807) is 43.3 Å². The van der Waals surface area contributed by atoms with Gasteiger partial charge in [-0.2, -0.15) is 10.5 Å². The zero-order chi connectivity index (χ0) is 15.7. The quantitative estimate of drug-likeness (QED) is 0.502. The molecular formula is C15H12BrN3O2. The molecule has 0 aliphatic carbocycles. The highest BCUT2D eigenvalue weighted by molar-refractivity contribution is 9.10. The fourth-order valence-electron chi connectivity index (χ4n) is 1.39. The lowest BCUT2D eigenvalue weighted by Crippen LogP contribution is -1.99. The summed E-state index contributed by atoms with van der Waals surface area (Å²) in [6, 6.07) is 8.87. The first-order valence-electron chi connectivity index (χ1n) is 6.02. The number of hydrogen-bond acceptors (Lipinski definition) is 5. The van der Waals surface area contributed by atoms with Crippen LogP contribution in [0, 0.1) is 22.7 Å². The minimum absolute atomic E-state index is 0.0433. The van der Waals surface area contributed by atoms with Gasteiger partial charge < -0.3 is 10.1 Å². The Hall–Kier alpha value is -2.57. The fraction of sp³-hybridized carbons (Fsp3) is 0.133. The van der Waals surface area contributed by atoms with E-state index in [9.17, 15) is 4.79 Å². The van der Waals surface area contributed by atoms with Crippen LogP contribution in [-0.2, 0) is 9.53 Å². The molecule has 0 aliphatic rings. The normalized spacial score (nSPS) is 9.52. The number of nitriles is 2. The molecule has 0 unspecified atom stereocenters. The molecule has 0 radical (unpaired) electrons. The van der Waals surface area contributed by atoms with Crippen LogP contribution in [-0.4, -0.2) is 12.6 Å². The third kappa shape index (κ3) is 5.52. The Kier molecular flexibility index (Phi) is 6.73. The Morgan fingerprint density at radius 2 is 2.14 bits per heavy atom. The molecule has 1 rings (SSSR count). The molecule has 0 spiro atoms. The first-order chi connectivity index (χ1) is 10.1. The van der Waals surface area contributed by atoms with Crippen molar-refractivity contribution in [3.05, 3.63) is 46.1 Å². The maximum atomic E-state index is 11.3. The van der Waals surface area contributed by atoms with Gasteiger partial charge in [0.15, 0.2) is 0 Å². The summed E-state index contributed by atoms with van der Waals surface area (Å²) >= 11 is 3.34. The molecule has 0 bridgehead atoms. The average molecular weight is 346 g/mol. The van der Waals surface area contributed by atoms with E-state index in [4.69, 9.17) is 15.3 Å². The van der Waals surface area contributed by atoms with Crippen molar-refractivity contribution in [3.8, 4) is 12.1 Å². The van der Waals surface area contributed by atoms with Gasteiger partial charge in [-0.1, -0.05) is 15.9 Å². The Labute approximate surface area is 131 Å². The van der Waals surface area contributed by atoms with Crippen LogP contribution in [0.3, 0.4) is 0 Å². The second-order valence-corrected chi connectivity index (χ2v) is 4.66. The molecule has 1 aromatic carbocycles. The van der Waals surface area contributed by atoms with E-state index in [1.807, 2.05) is 0 Å². The first-order valence-corrected chi connectivity index (χ1v) is 6.81. The van der Waals surface area contributed by atoms with Crippen LogP contribution in [0.5, 0.6) is 0 Å². The van der Waals surface area contributed by atoms with Crippen LogP contribution in [0.4, 0.5) is 5.69 Å². The summed E-state index contributed by atoms with van der Waals surface area (Å²) in [5, 5.41) is 20.2. The lowest BCUT2D eigenvalue weighted by Gasteiger charge is -2.06. The Bertz CT molecular complexity index is 650. The van der Waals surface area contributed by atoms with Crippen molar-refractivity contribution in [2.24, 2.45) is 0 Å². The number of benzene rings is 1. The maximum absolute atomic E-state index is 11.3. The van der Waals surface area contributed by atoms with Gasteiger partial charge >= 0.3 is 5.97 Å². The van der Waals surface area contributed by atoms with Gasteiger partial charge in [0.25, 0.3) is 0 Å². The number of hydrogen-bond donors (Lipinski definition) is 1. The molecule has 1 N–H and O–H groups in total. The molecule has 0 saturated heterocycles. The van der Waals surface area contributed by atoms with Gasteiger partial charge in [0.2, 0.25) is 0 Å². The minimum atomic E-state index is -0.436. The Morgan fingerprint density at radius 1 is 1.43 bits per heavy atom. The summed E-state index contributed by atoms with van der Waals surface area (Å²) in [5.74, 6) is -0.436. The summed E-state index contributed by atoms with van der Waals surface area (Å²) in [7, 11) is 0. The molecule has 21 heavy (non-hydrogen) atoms. The smallest absolute Gasteiger partial charge is 0.330 e. The number of ether oxygens (including phenoxy) is 1. The number of halogens is 1. The van der Waals surface area contributed by atoms with Gasteiger partial charge in [0, 0.05) is 22.4 Å². The molecule has 0 aliphatic heterocycles. The molecule has 6 heteroatoms. The molecule has 0 saturated carbocycles. The van der Waals surface area contributed by atoms with Crippen molar-refractivity contribution < 1.29 is 9.53 Å². The van der Waals surface area contributed by atoms with Gasteiger partial charge in [0.1, 0.15) is 17.7 Å². The standard InChI is InChI=1S/C15H12BrN3O2/c1-2-21-15(20)6-3-12-7-13(16)4-5-14(12)19-10-11(8-17)9-18/h3-7,10,19H,2H2,1H3. The molecule has 0 fully saturated rings. The molecule has 5 nitrogen and oxygen atoms in total. The van der Waals surface area contributed by atoms with E-state index in [0.29, 0.717) is 17.9 Å². The number of allylic oxidation sites excluding steroid dienone is 1. The van der Waals surface area contributed by atoms with Crippen molar-refractivity contribution >= 4 is 33.7 Å². The van der Waals surface area contributed by atoms with Crippen LogP contribution in [0.15, 0.2) is 40.5 Å². The molecule has 0 amide bonds. The molecule has 1 aromatic rings. The number of anilines is 1. The van der Waals surface area contributed by atoms with Gasteiger partial charge in [0.05, 0.1) is 6.61 Å². The number of carbonyl (C=O) groups excluding carboxylic acids is 1. The average Bonchev–Trinajstić information content (AvgIpc) is 2.48. The summed E-state index contributed by atoms with van der Waals surface area (Å²) in [5.41, 5.74) is 1.32. The third-order valence-corrected chi connectivity index (χ3v) is 2.81. The van der Waals surface area contributed by atoms with Crippen molar-refractivity contribution in [1.82, 2.24) is 0 Å². The Morgan fingerprint density at radius 3 is 2.76 bits per heavy atom. The molecule has 0 atom stereocenters. The van der Waals surface area contributed by atoms with E-state index in [1.165, 1.54) is 12.3 Å². The topological polar surface area (TPSA) is 85.9 Å². The first kappa shape index (κ1) is 16.5. The monoisotopic (exact) mass is 345 g/mol. The van der Waals surface area contributed by atoms with E-state index in [2.05, 4.69) is 21.2 Å². The zero-order valence-corrected chi connectivity index (χ0v) is 12.8. The largest absolute Gasteiger partial charge is 0.463 e. The van der Waals surface area contributed by atoms with Crippen molar-refractivity contribution in [1.29, 1.82) is 10.5 Å². The summed E-state index contributed by atoms with van der Waals surface area (Å²) < 4.78 is 5.65. The fourth-order valence-corrected chi connectivity index (χ4v) is 1.77. The predicted molar refractivity (Wildman–Crippen MR) is 82.7 cm³/mol. The van der Waals surface area contributed by atoms with E-state index in [0.717, 1.165) is 4.47 Å². The molecule has 106 valence electrons. The van der Waals surface area contributed by atoms with Gasteiger partial charge in [-0.3, -0.25) is 0 Å². The zero-order valence-electron chi connectivity index (χ0n) is 11.3. The lowest BCUT2D eigenvalue weighted by atomic mass is 10.1. The summed E-state index contributed by atoms with van der Waals surface area (Å²) in [4.78, 5) is 11.3. The number of rotatable bonds is 5. The van der Waals surface area contributed by atoms with Crippen molar-refractivity contribution in [2.45, 2.75) is 6.92 Å². The van der Waals surface area contributed by atoms with Crippen LogP contribution < -0.4 is 5.32 Å². The predicted octanol–water partition coefficient (Wildman–Crippen LogP) is 3.37. The van der Waals surface area contributed by atoms with Crippen LogP contribution >= 0.6 is 15.9 Å². The van der Waals surface area contributed by atoms with E-state index in [-0.39, 0.29) is 5.57 Å². The third-order valence-electron chi connectivity index (χ3n) is 2.31. The van der Waals surface area contributed by atoms with Crippen LogP contribution in [0.2, 0.25) is 0 Å². The second kappa shape index (κ2) is 8.57. The molecular weight excluding hydrogens is 334 g/mol. The van der Waals surface area contributed by atoms with Gasteiger partial charge in [-0.25, -0.2) is 4.79 Å². The van der Waals surface area contributed by atoms with Gasteiger partial charge in [-0.05, 0) is 36.8 Å². The number of nitrogens with zero attached hydrogens (tertiary/aromatic N) is 2.